The number of alkyl halides is 3. The highest BCUT2D eigenvalue weighted by Gasteiger charge is 2.33. The van der Waals surface area contributed by atoms with Crippen molar-refractivity contribution in [2.75, 3.05) is 0 Å². The van der Waals surface area contributed by atoms with E-state index in [1.165, 1.54) is 12.3 Å². The molecule has 1 heterocycles. The molecule has 1 aromatic heterocycles. The number of hydrogen-bond acceptors (Lipinski definition) is 2. The molecule has 0 saturated carbocycles. The van der Waals surface area contributed by atoms with Crippen LogP contribution in [-0.2, 0) is 6.18 Å². The first-order chi connectivity index (χ1) is 8.79. The average Bonchev–Trinajstić information content (AvgIpc) is 2.77. The molecule has 0 amide bonds. The minimum Gasteiger partial charge on any atom is -0.384 e. The van der Waals surface area contributed by atoms with Crippen LogP contribution in [0.4, 0.5) is 13.2 Å². The molecular formula is C11H8BrF3N4. The molecule has 0 bridgehead atoms. The maximum atomic E-state index is 12.5. The SMILES string of the molecule is N=C(N)c1cc(Br)ccc1-n1ccc(C(F)(F)F)n1. The van der Waals surface area contributed by atoms with Crippen LogP contribution in [0.3, 0.4) is 0 Å². The largest absolute Gasteiger partial charge is 0.435 e. The fourth-order valence-electron chi connectivity index (χ4n) is 1.53. The first kappa shape index (κ1) is 13.6. The molecule has 1 aromatic carbocycles. The Morgan fingerprint density at radius 3 is 2.53 bits per heavy atom. The zero-order chi connectivity index (χ0) is 14.2. The van der Waals surface area contributed by atoms with Gasteiger partial charge in [-0.3, -0.25) is 5.41 Å². The molecule has 0 saturated heterocycles. The van der Waals surface area contributed by atoms with Crippen LogP contribution in [0.25, 0.3) is 5.69 Å². The molecule has 3 N–H and O–H groups in total. The van der Waals surface area contributed by atoms with Crippen LogP contribution >= 0.6 is 15.9 Å². The van der Waals surface area contributed by atoms with E-state index >= 15 is 0 Å². The molecule has 19 heavy (non-hydrogen) atoms. The minimum atomic E-state index is -4.50. The molecule has 0 aliphatic carbocycles. The van der Waals surface area contributed by atoms with Crippen LogP contribution < -0.4 is 5.73 Å². The summed E-state index contributed by atoms with van der Waals surface area (Å²) in [4.78, 5) is 0. The lowest BCUT2D eigenvalue weighted by molar-refractivity contribution is -0.141. The van der Waals surface area contributed by atoms with Crippen molar-refractivity contribution in [1.29, 1.82) is 5.41 Å². The van der Waals surface area contributed by atoms with E-state index in [1.54, 1.807) is 12.1 Å². The van der Waals surface area contributed by atoms with Gasteiger partial charge in [0.1, 0.15) is 5.84 Å². The second kappa shape index (κ2) is 4.69. The molecule has 2 aromatic rings. The molecule has 0 fully saturated rings. The summed E-state index contributed by atoms with van der Waals surface area (Å²) in [6, 6.07) is 5.59. The monoisotopic (exact) mass is 332 g/mol. The van der Waals surface area contributed by atoms with Crippen LogP contribution in [0.5, 0.6) is 0 Å². The maximum absolute atomic E-state index is 12.5. The van der Waals surface area contributed by atoms with Crippen molar-refractivity contribution < 1.29 is 13.2 Å². The highest BCUT2D eigenvalue weighted by molar-refractivity contribution is 9.10. The topological polar surface area (TPSA) is 67.7 Å². The third-order valence-electron chi connectivity index (χ3n) is 2.38. The van der Waals surface area contributed by atoms with E-state index in [0.29, 0.717) is 15.7 Å². The van der Waals surface area contributed by atoms with Crippen LogP contribution in [0.15, 0.2) is 34.9 Å². The number of benzene rings is 1. The number of nitrogen functional groups attached to an aromatic ring is 1. The Kier molecular flexibility index (Phi) is 3.36. The fraction of sp³-hybridized carbons (Fsp3) is 0.0909. The Morgan fingerprint density at radius 1 is 1.32 bits per heavy atom. The van der Waals surface area contributed by atoms with Gasteiger partial charge in [-0.25, -0.2) is 4.68 Å². The van der Waals surface area contributed by atoms with Gasteiger partial charge in [0.15, 0.2) is 5.69 Å². The molecule has 0 radical (unpaired) electrons. The van der Waals surface area contributed by atoms with Crippen molar-refractivity contribution in [1.82, 2.24) is 9.78 Å². The number of hydrogen-bond donors (Lipinski definition) is 2. The summed E-state index contributed by atoms with van der Waals surface area (Å²) in [6.07, 6.45) is -3.32. The summed E-state index contributed by atoms with van der Waals surface area (Å²) in [6.45, 7) is 0. The van der Waals surface area contributed by atoms with Gasteiger partial charge < -0.3 is 5.73 Å². The third kappa shape index (κ3) is 2.78. The van der Waals surface area contributed by atoms with Crippen molar-refractivity contribution >= 4 is 21.8 Å². The quantitative estimate of drug-likeness (QED) is 0.655. The van der Waals surface area contributed by atoms with E-state index in [-0.39, 0.29) is 5.84 Å². The molecule has 0 aliphatic heterocycles. The van der Waals surface area contributed by atoms with Gasteiger partial charge in [-0.1, -0.05) is 15.9 Å². The number of nitrogens with one attached hydrogen (secondary N) is 1. The summed E-state index contributed by atoms with van der Waals surface area (Å²) >= 11 is 3.21. The van der Waals surface area contributed by atoms with E-state index in [9.17, 15) is 13.2 Å². The van der Waals surface area contributed by atoms with Crippen molar-refractivity contribution in [3.05, 3.63) is 46.2 Å². The van der Waals surface area contributed by atoms with Gasteiger partial charge in [0.2, 0.25) is 0 Å². The molecule has 100 valence electrons. The van der Waals surface area contributed by atoms with Crippen LogP contribution in [-0.4, -0.2) is 15.6 Å². The number of halogens is 4. The predicted octanol–water partition coefficient (Wildman–Crippen LogP) is 2.94. The molecule has 0 atom stereocenters. The molecule has 0 spiro atoms. The van der Waals surface area contributed by atoms with E-state index in [4.69, 9.17) is 11.1 Å². The lowest BCUT2D eigenvalue weighted by Gasteiger charge is -2.09. The van der Waals surface area contributed by atoms with Crippen molar-refractivity contribution in [3.8, 4) is 5.69 Å². The molecular weight excluding hydrogens is 325 g/mol. The molecule has 4 nitrogen and oxygen atoms in total. The average molecular weight is 333 g/mol. The Hall–Kier alpha value is -1.83. The molecule has 0 aliphatic rings. The zero-order valence-electron chi connectivity index (χ0n) is 9.37. The smallest absolute Gasteiger partial charge is 0.384 e. The highest BCUT2D eigenvalue weighted by Crippen LogP contribution is 2.28. The Labute approximate surface area is 114 Å². The van der Waals surface area contributed by atoms with E-state index in [1.807, 2.05) is 0 Å². The number of nitrogens with two attached hydrogens (primary N) is 1. The molecule has 8 heteroatoms. The first-order valence-electron chi connectivity index (χ1n) is 5.06. The second-order valence-corrected chi connectivity index (χ2v) is 4.63. The third-order valence-corrected chi connectivity index (χ3v) is 2.87. The summed E-state index contributed by atoms with van der Waals surface area (Å²) in [5, 5.41) is 10.9. The molecule has 0 unspecified atom stereocenters. The van der Waals surface area contributed by atoms with Gasteiger partial charge in [-0.05, 0) is 24.3 Å². The lowest BCUT2D eigenvalue weighted by atomic mass is 10.1. The fourth-order valence-corrected chi connectivity index (χ4v) is 1.89. The van der Waals surface area contributed by atoms with E-state index in [0.717, 1.165) is 10.7 Å². The summed E-state index contributed by atoms with van der Waals surface area (Å²) in [5.74, 6) is -0.250. The van der Waals surface area contributed by atoms with Crippen LogP contribution in [0, 0.1) is 5.41 Å². The maximum Gasteiger partial charge on any atom is 0.435 e. The Balaban J connectivity index is 2.53. The first-order valence-corrected chi connectivity index (χ1v) is 5.85. The van der Waals surface area contributed by atoms with Crippen molar-refractivity contribution in [2.45, 2.75) is 6.18 Å². The van der Waals surface area contributed by atoms with Crippen LogP contribution in [0.1, 0.15) is 11.3 Å². The normalized spacial score (nSPS) is 11.6. The van der Waals surface area contributed by atoms with Gasteiger partial charge in [0.05, 0.1) is 5.69 Å². The Morgan fingerprint density at radius 2 is 2.00 bits per heavy atom. The van der Waals surface area contributed by atoms with Gasteiger partial charge in [0, 0.05) is 16.2 Å². The minimum absolute atomic E-state index is 0.250. The van der Waals surface area contributed by atoms with Crippen LogP contribution in [0.2, 0.25) is 0 Å². The van der Waals surface area contributed by atoms with Gasteiger partial charge in [-0.2, -0.15) is 18.3 Å². The van der Waals surface area contributed by atoms with E-state index in [2.05, 4.69) is 21.0 Å². The van der Waals surface area contributed by atoms with Crippen molar-refractivity contribution in [3.63, 3.8) is 0 Å². The lowest BCUT2D eigenvalue weighted by Crippen LogP contribution is -2.15. The van der Waals surface area contributed by atoms with Crippen molar-refractivity contribution in [2.24, 2.45) is 5.73 Å². The zero-order valence-corrected chi connectivity index (χ0v) is 11.0. The summed E-state index contributed by atoms with van der Waals surface area (Å²) < 4.78 is 39.2. The number of amidine groups is 1. The second-order valence-electron chi connectivity index (χ2n) is 3.72. The summed E-state index contributed by atoms with van der Waals surface area (Å²) in [7, 11) is 0. The highest BCUT2D eigenvalue weighted by atomic mass is 79.9. The van der Waals surface area contributed by atoms with Gasteiger partial charge >= 0.3 is 6.18 Å². The number of rotatable bonds is 2. The molecule has 2 rings (SSSR count). The predicted molar refractivity (Wildman–Crippen MR) is 67.3 cm³/mol. The van der Waals surface area contributed by atoms with Gasteiger partial charge in [0.25, 0.3) is 0 Å². The number of nitrogens with zero attached hydrogens (tertiary/aromatic N) is 2. The standard InChI is InChI=1S/C11H8BrF3N4/c12-6-1-2-8(7(5-6)10(16)17)19-4-3-9(18-19)11(13,14)15/h1-5H,(H3,16,17). The summed E-state index contributed by atoms with van der Waals surface area (Å²) in [5.41, 5.74) is 5.03. The van der Waals surface area contributed by atoms with Gasteiger partial charge in [-0.15, -0.1) is 0 Å². The number of aromatic nitrogens is 2. The van der Waals surface area contributed by atoms with E-state index < -0.39 is 11.9 Å². The Bertz CT molecular complexity index is 633.